The summed E-state index contributed by atoms with van der Waals surface area (Å²) in [5.74, 6) is 0.993. The van der Waals surface area contributed by atoms with Gasteiger partial charge >= 0.3 is 0 Å². The smallest absolute Gasteiger partial charge is 0.0579 e. The van der Waals surface area contributed by atoms with E-state index in [-0.39, 0.29) is 6.10 Å². The van der Waals surface area contributed by atoms with E-state index in [1.807, 2.05) is 6.92 Å². The van der Waals surface area contributed by atoms with E-state index in [1.54, 1.807) is 0 Å². The fraction of sp³-hybridized carbons (Fsp3) is 0.778. The zero-order valence-corrected chi connectivity index (χ0v) is 6.80. The van der Waals surface area contributed by atoms with Crippen molar-refractivity contribution < 1.29 is 5.11 Å². The molecule has 0 aromatic heterocycles. The zero-order valence-electron chi connectivity index (χ0n) is 6.80. The average molecular weight is 140 g/mol. The van der Waals surface area contributed by atoms with Crippen molar-refractivity contribution in [3.63, 3.8) is 0 Å². The molecule has 10 heavy (non-hydrogen) atoms. The maximum absolute atomic E-state index is 9.33. The highest BCUT2D eigenvalue weighted by Crippen LogP contribution is 2.37. The molecule has 0 aromatic rings. The number of rotatable bonds is 1. The van der Waals surface area contributed by atoms with Gasteiger partial charge in [0.2, 0.25) is 0 Å². The minimum Gasteiger partial charge on any atom is -0.393 e. The lowest BCUT2D eigenvalue weighted by molar-refractivity contribution is 0.125. The van der Waals surface area contributed by atoms with Crippen molar-refractivity contribution in [2.45, 2.75) is 32.8 Å². The van der Waals surface area contributed by atoms with Gasteiger partial charge in [0.05, 0.1) is 6.10 Å². The summed E-state index contributed by atoms with van der Waals surface area (Å²) in [4.78, 5) is 0. The SMILES string of the molecule is C=C1CCC(C)C1C(C)O. The summed E-state index contributed by atoms with van der Waals surface area (Å²) in [6, 6.07) is 0. The second-order valence-corrected chi connectivity index (χ2v) is 3.44. The fourth-order valence-electron chi connectivity index (χ4n) is 1.98. The van der Waals surface area contributed by atoms with Crippen LogP contribution in [0.1, 0.15) is 26.7 Å². The molecular formula is C9H16O. The zero-order chi connectivity index (χ0) is 7.72. The first-order valence-electron chi connectivity index (χ1n) is 3.98. The van der Waals surface area contributed by atoms with Crippen LogP contribution in [0.2, 0.25) is 0 Å². The molecule has 1 nitrogen and oxygen atoms in total. The van der Waals surface area contributed by atoms with E-state index in [0.29, 0.717) is 11.8 Å². The molecule has 0 spiro atoms. The van der Waals surface area contributed by atoms with E-state index in [4.69, 9.17) is 0 Å². The second kappa shape index (κ2) is 2.75. The summed E-state index contributed by atoms with van der Waals surface area (Å²) in [6.45, 7) is 8.00. The molecule has 1 fully saturated rings. The summed E-state index contributed by atoms with van der Waals surface area (Å²) in [6.07, 6.45) is 2.11. The van der Waals surface area contributed by atoms with Gasteiger partial charge in [0.1, 0.15) is 0 Å². The number of hydrogen-bond acceptors (Lipinski definition) is 1. The lowest BCUT2D eigenvalue weighted by atomic mass is 9.91. The Morgan fingerprint density at radius 3 is 2.50 bits per heavy atom. The molecule has 0 bridgehead atoms. The summed E-state index contributed by atoms with van der Waals surface area (Å²) in [7, 11) is 0. The molecule has 1 N–H and O–H groups in total. The first-order valence-corrected chi connectivity index (χ1v) is 3.98. The average Bonchev–Trinajstić information content (AvgIpc) is 2.11. The van der Waals surface area contributed by atoms with Crippen molar-refractivity contribution >= 4 is 0 Å². The standard InChI is InChI=1S/C9H16O/c1-6-4-5-7(2)9(6)8(3)10/h7-10H,1,4-5H2,2-3H3. The van der Waals surface area contributed by atoms with E-state index in [0.717, 1.165) is 6.42 Å². The molecule has 1 saturated carbocycles. The van der Waals surface area contributed by atoms with Crippen molar-refractivity contribution in [1.29, 1.82) is 0 Å². The van der Waals surface area contributed by atoms with Crippen LogP contribution in [0.4, 0.5) is 0 Å². The van der Waals surface area contributed by atoms with Crippen molar-refractivity contribution in [2.75, 3.05) is 0 Å². The minimum atomic E-state index is -0.204. The van der Waals surface area contributed by atoms with Gasteiger partial charge in [0, 0.05) is 5.92 Å². The predicted octanol–water partition coefficient (Wildman–Crippen LogP) is 1.97. The highest BCUT2D eigenvalue weighted by molar-refractivity contribution is 5.09. The van der Waals surface area contributed by atoms with E-state index < -0.39 is 0 Å². The summed E-state index contributed by atoms with van der Waals surface area (Å²) < 4.78 is 0. The van der Waals surface area contributed by atoms with Crippen LogP contribution >= 0.6 is 0 Å². The summed E-state index contributed by atoms with van der Waals surface area (Å²) in [5, 5.41) is 9.33. The third kappa shape index (κ3) is 1.24. The first-order chi connectivity index (χ1) is 4.63. The van der Waals surface area contributed by atoms with Gasteiger partial charge in [-0.2, -0.15) is 0 Å². The minimum absolute atomic E-state index is 0.204. The number of hydrogen-bond donors (Lipinski definition) is 1. The second-order valence-electron chi connectivity index (χ2n) is 3.44. The molecule has 1 rings (SSSR count). The molecule has 0 amide bonds. The molecule has 3 unspecified atom stereocenters. The largest absolute Gasteiger partial charge is 0.393 e. The summed E-state index contributed by atoms with van der Waals surface area (Å²) in [5.41, 5.74) is 1.24. The first kappa shape index (κ1) is 7.80. The molecule has 1 aliphatic carbocycles. The Balaban J connectivity index is 2.63. The normalized spacial score (nSPS) is 36.5. The van der Waals surface area contributed by atoms with Gasteiger partial charge in [-0.15, -0.1) is 0 Å². The molecule has 3 atom stereocenters. The summed E-state index contributed by atoms with van der Waals surface area (Å²) >= 11 is 0. The van der Waals surface area contributed by atoms with Crippen LogP contribution in [0.25, 0.3) is 0 Å². The lowest BCUT2D eigenvalue weighted by Gasteiger charge is -2.19. The van der Waals surface area contributed by atoms with Gasteiger partial charge in [-0.3, -0.25) is 0 Å². The monoisotopic (exact) mass is 140 g/mol. The Morgan fingerprint density at radius 1 is 1.70 bits per heavy atom. The van der Waals surface area contributed by atoms with E-state index in [9.17, 15) is 5.11 Å². The maximum Gasteiger partial charge on any atom is 0.0579 e. The Bertz CT molecular complexity index is 138. The van der Waals surface area contributed by atoms with Gasteiger partial charge in [-0.25, -0.2) is 0 Å². The fourth-order valence-corrected chi connectivity index (χ4v) is 1.98. The Labute approximate surface area is 62.8 Å². The van der Waals surface area contributed by atoms with E-state index in [1.165, 1.54) is 12.0 Å². The molecular weight excluding hydrogens is 124 g/mol. The van der Waals surface area contributed by atoms with Gasteiger partial charge < -0.3 is 5.11 Å². The van der Waals surface area contributed by atoms with Crippen LogP contribution in [0, 0.1) is 11.8 Å². The number of aliphatic hydroxyl groups excluding tert-OH is 1. The van der Waals surface area contributed by atoms with Gasteiger partial charge in [-0.1, -0.05) is 19.1 Å². The highest BCUT2D eigenvalue weighted by atomic mass is 16.3. The van der Waals surface area contributed by atoms with Crippen LogP contribution < -0.4 is 0 Å². The molecule has 1 heteroatoms. The van der Waals surface area contributed by atoms with Crippen LogP contribution in [0.3, 0.4) is 0 Å². The van der Waals surface area contributed by atoms with E-state index >= 15 is 0 Å². The van der Waals surface area contributed by atoms with Gasteiger partial charge in [-0.05, 0) is 25.7 Å². The molecule has 1 aliphatic rings. The Kier molecular flexibility index (Phi) is 2.14. The quantitative estimate of drug-likeness (QED) is 0.552. The molecule has 0 heterocycles. The van der Waals surface area contributed by atoms with Gasteiger partial charge in [0.15, 0.2) is 0 Å². The molecule has 0 saturated heterocycles. The predicted molar refractivity (Wildman–Crippen MR) is 42.7 cm³/mol. The van der Waals surface area contributed by atoms with Crippen molar-refractivity contribution in [3.05, 3.63) is 12.2 Å². The number of aliphatic hydroxyl groups is 1. The Hall–Kier alpha value is -0.300. The van der Waals surface area contributed by atoms with Crippen molar-refractivity contribution in [1.82, 2.24) is 0 Å². The molecule has 58 valence electrons. The van der Waals surface area contributed by atoms with E-state index in [2.05, 4.69) is 13.5 Å². The highest BCUT2D eigenvalue weighted by Gasteiger charge is 2.29. The van der Waals surface area contributed by atoms with Crippen LogP contribution in [0.15, 0.2) is 12.2 Å². The van der Waals surface area contributed by atoms with Crippen LogP contribution in [-0.4, -0.2) is 11.2 Å². The third-order valence-electron chi connectivity index (χ3n) is 2.52. The maximum atomic E-state index is 9.33. The van der Waals surface area contributed by atoms with Crippen molar-refractivity contribution in [3.8, 4) is 0 Å². The van der Waals surface area contributed by atoms with Crippen LogP contribution in [0.5, 0.6) is 0 Å². The molecule has 0 radical (unpaired) electrons. The molecule has 0 aliphatic heterocycles. The third-order valence-corrected chi connectivity index (χ3v) is 2.52. The topological polar surface area (TPSA) is 20.2 Å². The Morgan fingerprint density at radius 2 is 2.30 bits per heavy atom. The van der Waals surface area contributed by atoms with Crippen LogP contribution in [-0.2, 0) is 0 Å². The van der Waals surface area contributed by atoms with Gasteiger partial charge in [0.25, 0.3) is 0 Å². The lowest BCUT2D eigenvalue weighted by Crippen LogP contribution is -2.19. The van der Waals surface area contributed by atoms with Crippen molar-refractivity contribution in [2.24, 2.45) is 11.8 Å². The molecule has 0 aromatic carbocycles.